The predicted octanol–water partition coefficient (Wildman–Crippen LogP) is 4.03. The lowest BCUT2D eigenvalue weighted by atomic mass is 10.2. The second-order valence-corrected chi connectivity index (χ2v) is 5.12. The molecule has 2 aromatic rings. The molecular formula is C17H13F4NO3. The fourth-order valence-electron chi connectivity index (χ4n) is 1.88. The fourth-order valence-corrected chi connectivity index (χ4v) is 1.88. The Labute approximate surface area is 140 Å². The van der Waals surface area contributed by atoms with Crippen molar-refractivity contribution < 1.29 is 31.9 Å². The molecule has 25 heavy (non-hydrogen) atoms. The molecule has 0 fully saturated rings. The van der Waals surface area contributed by atoms with Gasteiger partial charge in [0.1, 0.15) is 5.82 Å². The number of benzene rings is 2. The summed E-state index contributed by atoms with van der Waals surface area (Å²) in [6, 6.07) is 8.56. The summed E-state index contributed by atoms with van der Waals surface area (Å²) in [6.45, 7) is 1.29. The predicted molar refractivity (Wildman–Crippen MR) is 81.4 cm³/mol. The molecule has 0 saturated heterocycles. The van der Waals surface area contributed by atoms with E-state index in [1.807, 2.05) is 0 Å². The smallest absolute Gasteiger partial charge is 0.416 e. The quantitative estimate of drug-likeness (QED) is 0.666. The Balaban J connectivity index is 1.97. The largest absolute Gasteiger partial charge is 0.449 e. The summed E-state index contributed by atoms with van der Waals surface area (Å²) in [5.74, 6) is -2.25. The first-order chi connectivity index (χ1) is 11.7. The van der Waals surface area contributed by atoms with Gasteiger partial charge in [0.2, 0.25) is 0 Å². The number of amides is 1. The number of alkyl halides is 3. The van der Waals surface area contributed by atoms with E-state index in [-0.39, 0.29) is 11.3 Å². The van der Waals surface area contributed by atoms with Crippen molar-refractivity contribution in [2.75, 3.05) is 5.32 Å². The Morgan fingerprint density at radius 3 is 2.28 bits per heavy atom. The van der Waals surface area contributed by atoms with Gasteiger partial charge in [0, 0.05) is 5.69 Å². The van der Waals surface area contributed by atoms with Crippen LogP contribution in [0.5, 0.6) is 0 Å². The monoisotopic (exact) mass is 355 g/mol. The third kappa shape index (κ3) is 5.03. The van der Waals surface area contributed by atoms with Crippen molar-refractivity contribution in [2.24, 2.45) is 0 Å². The maximum absolute atomic E-state index is 13.1. The minimum absolute atomic E-state index is 0.0609. The molecule has 8 heteroatoms. The van der Waals surface area contributed by atoms with Crippen molar-refractivity contribution in [1.29, 1.82) is 0 Å². The van der Waals surface area contributed by atoms with Gasteiger partial charge in [0.05, 0.1) is 11.1 Å². The van der Waals surface area contributed by atoms with Crippen LogP contribution in [0.2, 0.25) is 0 Å². The third-order valence-corrected chi connectivity index (χ3v) is 3.19. The Bertz CT molecular complexity index is 772. The van der Waals surface area contributed by atoms with Gasteiger partial charge in [-0.25, -0.2) is 9.18 Å². The number of esters is 1. The molecule has 0 spiro atoms. The molecule has 0 aliphatic rings. The van der Waals surface area contributed by atoms with Crippen molar-refractivity contribution >= 4 is 17.6 Å². The average Bonchev–Trinajstić information content (AvgIpc) is 2.54. The molecule has 0 aliphatic heterocycles. The Morgan fingerprint density at radius 2 is 1.72 bits per heavy atom. The van der Waals surface area contributed by atoms with Crippen molar-refractivity contribution in [1.82, 2.24) is 0 Å². The van der Waals surface area contributed by atoms with Crippen LogP contribution in [0.1, 0.15) is 22.8 Å². The standard InChI is InChI=1S/C17H13F4NO3/c1-10(25-16(24)11-3-2-4-13(18)9-11)15(23)22-14-7-5-12(6-8-14)17(19,20)21/h2-10H,1H3,(H,22,23)/t10-/m1/s1. The van der Waals surface area contributed by atoms with Crippen LogP contribution >= 0.6 is 0 Å². The van der Waals surface area contributed by atoms with Gasteiger partial charge in [0.15, 0.2) is 6.10 Å². The molecule has 1 N–H and O–H groups in total. The molecule has 0 radical (unpaired) electrons. The van der Waals surface area contributed by atoms with Crippen LogP contribution in [-0.2, 0) is 15.7 Å². The topological polar surface area (TPSA) is 55.4 Å². The lowest BCUT2D eigenvalue weighted by Gasteiger charge is -2.14. The molecule has 0 saturated carbocycles. The van der Waals surface area contributed by atoms with Gasteiger partial charge >= 0.3 is 12.1 Å². The van der Waals surface area contributed by atoms with Crippen LogP contribution in [-0.4, -0.2) is 18.0 Å². The van der Waals surface area contributed by atoms with E-state index >= 15 is 0 Å². The van der Waals surface area contributed by atoms with E-state index in [4.69, 9.17) is 4.74 Å². The highest BCUT2D eigenvalue weighted by molar-refractivity contribution is 5.97. The molecule has 2 aromatic carbocycles. The summed E-state index contributed by atoms with van der Waals surface area (Å²) in [5, 5.41) is 2.33. The highest BCUT2D eigenvalue weighted by Gasteiger charge is 2.30. The van der Waals surface area contributed by atoms with Gasteiger partial charge < -0.3 is 10.1 Å². The molecule has 0 heterocycles. The zero-order valence-corrected chi connectivity index (χ0v) is 12.9. The Hall–Kier alpha value is -2.90. The van der Waals surface area contributed by atoms with Crippen molar-refractivity contribution in [3.63, 3.8) is 0 Å². The number of ether oxygens (including phenoxy) is 1. The maximum atomic E-state index is 13.1. The molecule has 1 atom stereocenters. The minimum atomic E-state index is -4.48. The molecule has 1 amide bonds. The average molecular weight is 355 g/mol. The lowest BCUT2D eigenvalue weighted by Crippen LogP contribution is -2.30. The zero-order valence-electron chi connectivity index (χ0n) is 12.9. The van der Waals surface area contributed by atoms with E-state index in [1.54, 1.807) is 0 Å². The number of nitrogens with one attached hydrogen (secondary N) is 1. The Kier molecular flexibility index (Phi) is 5.41. The van der Waals surface area contributed by atoms with Gasteiger partial charge in [-0.05, 0) is 49.4 Å². The molecule has 2 rings (SSSR count). The van der Waals surface area contributed by atoms with Crippen LogP contribution in [0.4, 0.5) is 23.2 Å². The number of hydrogen-bond donors (Lipinski definition) is 1. The number of hydrogen-bond acceptors (Lipinski definition) is 3. The highest BCUT2D eigenvalue weighted by atomic mass is 19.4. The summed E-state index contributed by atoms with van der Waals surface area (Å²) in [5.41, 5.74) is -0.795. The summed E-state index contributed by atoms with van der Waals surface area (Å²) < 4.78 is 55.4. The molecule has 0 bridgehead atoms. The summed E-state index contributed by atoms with van der Waals surface area (Å²) in [6.07, 6.45) is -5.70. The Morgan fingerprint density at radius 1 is 1.08 bits per heavy atom. The second kappa shape index (κ2) is 7.33. The first-order valence-electron chi connectivity index (χ1n) is 7.11. The SMILES string of the molecule is C[C@@H](OC(=O)c1cccc(F)c1)C(=O)Nc1ccc(C(F)(F)F)cc1. The van der Waals surface area contributed by atoms with Crippen LogP contribution < -0.4 is 5.32 Å². The summed E-state index contributed by atoms with van der Waals surface area (Å²) in [4.78, 5) is 23.8. The number of carbonyl (C=O) groups is 2. The normalized spacial score (nSPS) is 12.4. The molecule has 4 nitrogen and oxygen atoms in total. The van der Waals surface area contributed by atoms with Gasteiger partial charge in [-0.15, -0.1) is 0 Å². The molecular weight excluding hydrogens is 342 g/mol. The zero-order chi connectivity index (χ0) is 18.6. The van der Waals surface area contributed by atoms with Crippen LogP contribution in [0.25, 0.3) is 0 Å². The van der Waals surface area contributed by atoms with E-state index in [0.29, 0.717) is 0 Å². The lowest BCUT2D eigenvalue weighted by molar-refractivity contribution is -0.137. The number of carbonyl (C=O) groups excluding carboxylic acids is 2. The number of rotatable bonds is 4. The van der Waals surface area contributed by atoms with Crippen molar-refractivity contribution in [3.8, 4) is 0 Å². The number of anilines is 1. The first-order valence-corrected chi connectivity index (χ1v) is 7.11. The number of halogens is 4. The maximum Gasteiger partial charge on any atom is 0.416 e. The molecule has 0 unspecified atom stereocenters. The van der Waals surface area contributed by atoms with Crippen molar-refractivity contribution in [3.05, 3.63) is 65.5 Å². The van der Waals surface area contributed by atoms with E-state index in [2.05, 4.69) is 5.32 Å². The highest BCUT2D eigenvalue weighted by Crippen LogP contribution is 2.29. The second-order valence-electron chi connectivity index (χ2n) is 5.12. The summed E-state index contributed by atoms with van der Waals surface area (Å²) >= 11 is 0. The van der Waals surface area contributed by atoms with E-state index in [9.17, 15) is 27.2 Å². The van der Waals surface area contributed by atoms with Gasteiger partial charge in [-0.3, -0.25) is 4.79 Å². The third-order valence-electron chi connectivity index (χ3n) is 3.19. The van der Waals surface area contributed by atoms with Gasteiger partial charge in [-0.1, -0.05) is 6.07 Å². The van der Waals surface area contributed by atoms with Gasteiger partial charge in [-0.2, -0.15) is 13.2 Å². The molecule has 0 aliphatic carbocycles. The first kappa shape index (κ1) is 18.4. The molecule has 132 valence electrons. The fraction of sp³-hybridized carbons (Fsp3) is 0.176. The minimum Gasteiger partial charge on any atom is -0.449 e. The molecule has 0 aromatic heterocycles. The van der Waals surface area contributed by atoms with E-state index in [1.165, 1.54) is 19.1 Å². The van der Waals surface area contributed by atoms with Crippen LogP contribution in [0.15, 0.2) is 48.5 Å². The van der Waals surface area contributed by atoms with E-state index in [0.717, 1.165) is 36.4 Å². The van der Waals surface area contributed by atoms with Crippen LogP contribution in [0.3, 0.4) is 0 Å². The summed E-state index contributed by atoms with van der Waals surface area (Å²) in [7, 11) is 0. The van der Waals surface area contributed by atoms with Gasteiger partial charge in [0.25, 0.3) is 5.91 Å². The van der Waals surface area contributed by atoms with Crippen LogP contribution in [0, 0.1) is 5.82 Å². The van der Waals surface area contributed by atoms with Crippen molar-refractivity contribution in [2.45, 2.75) is 19.2 Å². The van der Waals surface area contributed by atoms with E-state index < -0.39 is 35.5 Å².